The van der Waals surface area contributed by atoms with Crippen LogP contribution in [0.25, 0.3) is 0 Å². The second-order valence-electron chi connectivity index (χ2n) is 6.66. The molecule has 1 aromatic rings. The largest absolute Gasteiger partial charge is 0.396 e. The van der Waals surface area contributed by atoms with Crippen molar-refractivity contribution in [2.75, 3.05) is 11.1 Å². The standard InChI is InChI=1S/C14H20N4/c15-12-7-16-13(17-8-12)18-14-4-9-1-10(5-14)3-11(2-9)6-14/h7-11H,1-6,15H2,(H,16,17,18). The second-order valence-corrected chi connectivity index (χ2v) is 6.66. The van der Waals surface area contributed by atoms with Crippen molar-refractivity contribution in [1.29, 1.82) is 0 Å². The Hall–Kier alpha value is -1.32. The number of nitrogens with zero attached hydrogens (tertiary/aromatic N) is 2. The Morgan fingerprint density at radius 2 is 1.50 bits per heavy atom. The van der Waals surface area contributed by atoms with Crippen LogP contribution in [0.15, 0.2) is 12.4 Å². The predicted octanol–water partition coefficient (Wildman–Crippen LogP) is 2.44. The van der Waals surface area contributed by atoms with Crippen LogP contribution in [0.5, 0.6) is 0 Å². The van der Waals surface area contributed by atoms with Crippen molar-refractivity contribution >= 4 is 11.6 Å². The zero-order valence-electron chi connectivity index (χ0n) is 10.6. The van der Waals surface area contributed by atoms with Gasteiger partial charge in [0.05, 0.1) is 18.1 Å². The summed E-state index contributed by atoms with van der Waals surface area (Å²) in [5.74, 6) is 3.58. The number of nitrogens with one attached hydrogen (secondary N) is 1. The van der Waals surface area contributed by atoms with E-state index in [1.54, 1.807) is 12.4 Å². The molecule has 0 aliphatic heterocycles. The molecule has 4 nitrogen and oxygen atoms in total. The molecule has 0 aromatic carbocycles. The molecule has 1 heterocycles. The summed E-state index contributed by atoms with van der Waals surface area (Å²) in [4.78, 5) is 8.61. The van der Waals surface area contributed by atoms with Gasteiger partial charge in [-0.3, -0.25) is 0 Å². The van der Waals surface area contributed by atoms with E-state index in [1.807, 2.05) is 0 Å². The molecule has 4 saturated carbocycles. The van der Waals surface area contributed by atoms with Gasteiger partial charge < -0.3 is 11.1 Å². The maximum absolute atomic E-state index is 5.63. The molecule has 4 aliphatic carbocycles. The van der Waals surface area contributed by atoms with E-state index in [-0.39, 0.29) is 5.54 Å². The molecule has 0 amide bonds. The minimum Gasteiger partial charge on any atom is -0.396 e. The Kier molecular flexibility index (Phi) is 2.11. The Morgan fingerprint density at radius 1 is 1.00 bits per heavy atom. The molecular formula is C14H20N4. The molecule has 1 aromatic heterocycles. The van der Waals surface area contributed by atoms with E-state index in [9.17, 15) is 0 Å². The zero-order valence-corrected chi connectivity index (χ0v) is 10.6. The van der Waals surface area contributed by atoms with Gasteiger partial charge in [0.15, 0.2) is 0 Å². The van der Waals surface area contributed by atoms with Gasteiger partial charge in [-0.1, -0.05) is 0 Å². The summed E-state index contributed by atoms with van der Waals surface area (Å²) >= 11 is 0. The molecule has 5 rings (SSSR count). The maximum atomic E-state index is 5.63. The van der Waals surface area contributed by atoms with Crippen LogP contribution < -0.4 is 11.1 Å². The topological polar surface area (TPSA) is 63.8 Å². The summed E-state index contributed by atoms with van der Waals surface area (Å²) < 4.78 is 0. The lowest BCUT2D eigenvalue weighted by Crippen LogP contribution is -2.55. The molecule has 0 unspecified atom stereocenters. The lowest BCUT2D eigenvalue weighted by Gasteiger charge is -2.56. The summed E-state index contributed by atoms with van der Waals surface area (Å²) in [5.41, 5.74) is 6.55. The lowest BCUT2D eigenvalue weighted by molar-refractivity contribution is 0.0103. The van der Waals surface area contributed by atoms with Crippen molar-refractivity contribution in [3.63, 3.8) is 0 Å². The number of rotatable bonds is 2. The van der Waals surface area contributed by atoms with E-state index in [0.29, 0.717) is 5.69 Å². The number of anilines is 2. The van der Waals surface area contributed by atoms with Crippen LogP contribution in [-0.2, 0) is 0 Å². The van der Waals surface area contributed by atoms with Gasteiger partial charge in [0, 0.05) is 5.54 Å². The SMILES string of the molecule is Nc1cnc(NC23CC4CC(CC(C4)C2)C3)nc1. The van der Waals surface area contributed by atoms with Gasteiger partial charge in [-0.25, -0.2) is 9.97 Å². The molecule has 4 bridgehead atoms. The molecule has 4 heteroatoms. The first kappa shape index (κ1) is 10.6. The predicted molar refractivity (Wildman–Crippen MR) is 71.0 cm³/mol. The Bertz CT molecular complexity index is 418. The highest BCUT2D eigenvalue weighted by molar-refractivity contribution is 5.38. The van der Waals surface area contributed by atoms with Gasteiger partial charge in [-0.15, -0.1) is 0 Å². The molecule has 0 saturated heterocycles. The summed E-state index contributed by atoms with van der Waals surface area (Å²) in [6, 6.07) is 0. The van der Waals surface area contributed by atoms with E-state index in [4.69, 9.17) is 5.73 Å². The number of nitrogens with two attached hydrogens (primary N) is 1. The average Bonchev–Trinajstić information content (AvgIpc) is 2.30. The van der Waals surface area contributed by atoms with Crippen LogP contribution in [0.1, 0.15) is 38.5 Å². The maximum Gasteiger partial charge on any atom is 0.223 e. The van der Waals surface area contributed by atoms with Crippen LogP contribution in [0, 0.1) is 17.8 Å². The van der Waals surface area contributed by atoms with Crippen molar-refractivity contribution in [3.8, 4) is 0 Å². The minimum atomic E-state index is 0.283. The number of nitrogen functional groups attached to an aromatic ring is 1. The van der Waals surface area contributed by atoms with Crippen molar-refractivity contribution < 1.29 is 0 Å². The van der Waals surface area contributed by atoms with Gasteiger partial charge in [0.25, 0.3) is 0 Å². The third-order valence-corrected chi connectivity index (χ3v) is 5.09. The first-order valence-electron chi connectivity index (χ1n) is 7.06. The fourth-order valence-electron chi connectivity index (χ4n) is 4.90. The van der Waals surface area contributed by atoms with Gasteiger partial charge in [-0.05, 0) is 56.3 Å². The van der Waals surface area contributed by atoms with E-state index in [2.05, 4.69) is 15.3 Å². The van der Waals surface area contributed by atoms with Gasteiger partial charge >= 0.3 is 0 Å². The van der Waals surface area contributed by atoms with Crippen LogP contribution in [0.2, 0.25) is 0 Å². The molecule has 4 aliphatic rings. The van der Waals surface area contributed by atoms with Crippen LogP contribution >= 0.6 is 0 Å². The molecule has 3 N–H and O–H groups in total. The first-order valence-corrected chi connectivity index (χ1v) is 7.06. The number of hydrogen-bond donors (Lipinski definition) is 2. The van der Waals surface area contributed by atoms with E-state index in [0.717, 1.165) is 23.7 Å². The normalized spacial score (nSPS) is 41.0. The molecule has 18 heavy (non-hydrogen) atoms. The fourth-order valence-corrected chi connectivity index (χ4v) is 4.90. The van der Waals surface area contributed by atoms with Crippen molar-refractivity contribution in [2.24, 2.45) is 17.8 Å². The van der Waals surface area contributed by atoms with Crippen LogP contribution in [-0.4, -0.2) is 15.5 Å². The Labute approximate surface area is 107 Å². The highest BCUT2D eigenvalue weighted by Crippen LogP contribution is 2.56. The molecular weight excluding hydrogens is 224 g/mol. The van der Waals surface area contributed by atoms with Gasteiger partial charge in [-0.2, -0.15) is 0 Å². The van der Waals surface area contributed by atoms with Gasteiger partial charge in [0.2, 0.25) is 5.95 Å². The monoisotopic (exact) mass is 244 g/mol. The molecule has 96 valence electrons. The molecule has 0 atom stereocenters. The highest BCUT2D eigenvalue weighted by atomic mass is 15.1. The third kappa shape index (κ3) is 1.66. The number of hydrogen-bond acceptors (Lipinski definition) is 4. The van der Waals surface area contributed by atoms with E-state index in [1.165, 1.54) is 38.5 Å². The van der Waals surface area contributed by atoms with Crippen LogP contribution in [0.3, 0.4) is 0 Å². The lowest BCUT2D eigenvalue weighted by atomic mass is 9.53. The Balaban J connectivity index is 1.58. The fraction of sp³-hybridized carbons (Fsp3) is 0.714. The summed E-state index contributed by atoms with van der Waals surface area (Å²) in [6.07, 6.45) is 11.7. The van der Waals surface area contributed by atoms with Crippen molar-refractivity contribution in [3.05, 3.63) is 12.4 Å². The summed E-state index contributed by atoms with van der Waals surface area (Å²) in [7, 11) is 0. The Morgan fingerprint density at radius 3 is 2.00 bits per heavy atom. The molecule has 4 fully saturated rings. The average molecular weight is 244 g/mol. The number of aromatic nitrogens is 2. The first-order chi connectivity index (χ1) is 8.71. The van der Waals surface area contributed by atoms with E-state index >= 15 is 0 Å². The summed E-state index contributed by atoms with van der Waals surface area (Å²) in [6.45, 7) is 0. The van der Waals surface area contributed by atoms with Crippen LogP contribution in [0.4, 0.5) is 11.6 Å². The second kappa shape index (κ2) is 3.59. The quantitative estimate of drug-likeness (QED) is 0.838. The zero-order chi connectivity index (χ0) is 12.2. The summed E-state index contributed by atoms with van der Waals surface area (Å²) in [5, 5.41) is 3.64. The van der Waals surface area contributed by atoms with Crippen molar-refractivity contribution in [2.45, 2.75) is 44.1 Å². The van der Waals surface area contributed by atoms with E-state index < -0.39 is 0 Å². The smallest absolute Gasteiger partial charge is 0.223 e. The highest BCUT2D eigenvalue weighted by Gasteiger charge is 2.51. The van der Waals surface area contributed by atoms with Crippen molar-refractivity contribution in [1.82, 2.24) is 9.97 Å². The molecule has 0 radical (unpaired) electrons. The third-order valence-electron chi connectivity index (χ3n) is 5.09. The minimum absolute atomic E-state index is 0.283. The molecule has 0 spiro atoms. The van der Waals surface area contributed by atoms with Gasteiger partial charge in [0.1, 0.15) is 0 Å².